The van der Waals surface area contributed by atoms with Crippen molar-refractivity contribution in [1.29, 1.82) is 0 Å². The van der Waals surface area contributed by atoms with Crippen molar-refractivity contribution in [2.45, 2.75) is 58.7 Å². The lowest BCUT2D eigenvalue weighted by atomic mass is 9.91. The van der Waals surface area contributed by atoms with Crippen LogP contribution in [0.2, 0.25) is 0 Å². The van der Waals surface area contributed by atoms with Gasteiger partial charge in [-0.05, 0) is 32.8 Å². The molecule has 0 fully saturated rings. The molecule has 0 heterocycles. The summed E-state index contributed by atoms with van der Waals surface area (Å²) in [5.41, 5.74) is 0.234. The van der Waals surface area contributed by atoms with Crippen LogP contribution in [-0.2, 0) is 9.53 Å². The monoisotopic (exact) mass is 278 g/mol. The van der Waals surface area contributed by atoms with E-state index in [2.05, 4.69) is 6.92 Å². The first-order chi connectivity index (χ1) is 9.35. The second-order valence-electron chi connectivity index (χ2n) is 6.14. The van der Waals surface area contributed by atoms with Gasteiger partial charge in [-0.1, -0.05) is 50.1 Å². The van der Waals surface area contributed by atoms with Gasteiger partial charge in [-0.3, -0.25) is 4.79 Å². The molecule has 0 bridgehead atoms. The van der Waals surface area contributed by atoms with Gasteiger partial charge in [-0.15, -0.1) is 0 Å². The number of carbonyl (C=O) groups is 1. The topological polar surface area (TPSA) is 46.5 Å². The van der Waals surface area contributed by atoms with E-state index in [-0.39, 0.29) is 5.97 Å². The van der Waals surface area contributed by atoms with Crippen LogP contribution in [0.5, 0.6) is 0 Å². The molecule has 0 saturated carbocycles. The quantitative estimate of drug-likeness (QED) is 0.803. The number of esters is 1. The molecule has 3 nitrogen and oxygen atoms in total. The first kappa shape index (κ1) is 16.7. The summed E-state index contributed by atoms with van der Waals surface area (Å²) >= 11 is 0. The molecule has 20 heavy (non-hydrogen) atoms. The van der Waals surface area contributed by atoms with Crippen molar-refractivity contribution in [3.8, 4) is 0 Å². The van der Waals surface area contributed by atoms with Crippen LogP contribution < -0.4 is 0 Å². The second kappa shape index (κ2) is 7.44. The van der Waals surface area contributed by atoms with Crippen molar-refractivity contribution < 1.29 is 14.6 Å². The van der Waals surface area contributed by atoms with Gasteiger partial charge in [0.05, 0.1) is 12.0 Å². The van der Waals surface area contributed by atoms with Crippen molar-refractivity contribution in [2.24, 2.45) is 5.92 Å². The van der Waals surface area contributed by atoms with E-state index in [0.717, 1.165) is 18.4 Å². The Kier molecular flexibility index (Phi) is 6.21. The summed E-state index contributed by atoms with van der Waals surface area (Å²) in [4.78, 5) is 12.3. The van der Waals surface area contributed by atoms with E-state index in [9.17, 15) is 9.90 Å². The zero-order chi connectivity index (χ0) is 15.2. The van der Waals surface area contributed by atoms with E-state index in [4.69, 9.17) is 4.74 Å². The Labute approximate surface area is 122 Å². The van der Waals surface area contributed by atoms with E-state index < -0.39 is 17.6 Å². The number of aliphatic hydroxyl groups is 1. The van der Waals surface area contributed by atoms with E-state index in [1.165, 1.54) is 0 Å². The minimum atomic E-state index is -0.808. The first-order valence-corrected chi connectivity index (χ1v) is 7.31. The third-order valence-electron chi connectivity index (χ3n) is 3.10. The molecule has 0 aliphatic rings. The predicted octanol–water partition coefficient (Wildman–Crippen LogP) is 3.87. The molecular weight excluding hydrogens is 252 g/mol. The van der Waals surface area contributed by atoms with E-state index >= 15 is 0 Å². The third-order valence-corrected chi connectivity index (χ3v) is 3.10. The number of rotatable bonds is 6. The minimum absolute atomic E-state index is 0.317. The van der Waals surface area contributed by atoms with Crippen LogP contribution in [0.4, 0.5) is 0 Å². The standard InChI is InChI=1S/C17H26O3/c1-5-6-12-14(16(19)20-17(2,3)4)15(18)13-10-8-7-9-11-13/h7-11,14-15,18H,5-6,12H2,1-4H3/t14-,15-/m0/s1. The van der Waals surface area contributed by atoms with Crippen molar-refractivity contribution in [2.75, 3.05) is 0 Å². The molecule has 0 amide bonds. The predicted molar refractivity (Wildman–Crippen MR) is 80.3 cm³/mol. The fraction of sp³-hybridized carbons (Fsp3) is 0.588. The number of benzene rings is 1. The van der Waals surface area contributed by atoms with Crippen molar-refractivity contribution >= 4 is 5.97 Å². The third kappa shape index (κ3) is 5.33. The maximum Gasteiger partial charge on any atom is 0.312 e. The normalized spacial score (nSPS) is 14.7. The summed E-state index contributed by atoms with van der Waals surface area (Å²) < 4.78 is 5.44. The van der Waals surface area contributed by atoms with Gasteiger partial charge in [0.15, 0.2) is 0 Å². The van der Waals surface area contributed by atoms with Crippen molar-refractivity contribution in [3.63, 3.8) is 0 Å². The molecule has 0 spiro atoms. The Bertz CT molecular complexity index is 406. The van der Waals surface area contributed by atoms with Gasteiger partial charge in [0.1, 0.15) is 5.60 Å². The molecular formula is C17H26O3. The Morgan fingerprint density at radius 3 is 2.35 bits per heavy atom. The number of carbonyl (C=O) groups excluding carboxylic acids is 1. The lowest BCUT2D eigenvalue weighted by molar-refractivity contribution is -0.164. The maximum atomic E-state index is 12.3. The molecule has 1 N–H and O–H groups in total. The van der Waals surface area contributed by atoms with Crippen LogP contribution in [0.15, 0.2) is 30.3 Å². The molecule has 112 valence electrons. The summed E-state index contributed by atoms with van der Waals surface area (Å²) in [6, 6.07) is 9.31. The number of ether oxygens (including phenoxy) is 1. The number of aliphatic hydroxyl groups excluding tert-OH is 1. The highest BCUT2D eigenvalue weighted by Crippen LogP contribution is 2.28. The smallest absolute Gasteiger partial charge is 0.312 e. The average Bonchev–Trinajstić information content (AvgIpc) is 2.38. The highest BCUT2D eigenvalue weighted by atomic mass is 16.6. The van der Waals surface area contributed by atoms with Gasteiger partial charge in [0, 0.05) is 0 Å². The van der Waals surface area contributed by atoms with Gasteiger partial charge < -0.3 is 9.84 Å². The molecule has 2 atom stereocenters. The summed E-state index contributed by atoms with van der Waals surface area (Å²) in [5, 5.41) is 10.5. The van der Waals surface area contributed by atoms with Gasteiger partial charge >= 0.3 is 5.97 Å². The molecule has 3 heteroatoms. The number of hydrogen-bond donors (Lipinski definition) is 1. The van der Waals surface area contributed by atoms with E-state index in [0.29, 0.717) is 6.42 Å². The van der Waals surface area contributed by atoms with Crippen LogP contribution in [-0.4, -0.2) is 16.7 Å². The maximum absolute atomic E-state index is 12.3. The molecule has 0 unspecified atom stereocenters. The molecule has 1 aromatic carbocycles. The number of hydrogen-bond acceptors (Lipinski definition) is 3. The second-order valence-corrected chi connectivity index (χ2v) is 6.14. The van der Waals surface area contributed by atoms with Gasteiger partial charge in [-0.25, -0.2) is 0 Å². The molecule has 0 aromatic heterocycles. The zero-order valence-corrected chi connectivity index (χ0v) is 12.9. The summed E-state index contributed by atoms with van der Waals surface area (Å²) in [6.07, 6.45) is 1.72. The number of unbranched alkanes of at least 4 members (excludes halogenated alkanes) is 1. The molecule has 1 rings (SSSR count). The van der Waals surface area contributed by atoms with Crippen LogP contribution in [0, 0.1) is 5.92 Å². The summed E-state index contributed by atoms with van der Waals surface area (Å²) in [7, 11) is 0. The Hall–Kier alpha value is -1.35. The zero-order valence-electron chi connectivity index (χ0n) is 12.9. The summed E-state index contributed by atoms with van der Waals surface area (Å²) in [5.74, 6) is -0.820. The highest BCUT2D eigenvalue weighted by molar-refractivity contribution is 5.73. The Morgan fingerprint density at radius 2 is 1.85 bits per heavy atom. The lowest BCUT2D eigenvalue weighted by Gasteiger charge is -2.27. The van der Waals surface area contributed by atoms with Gasteiger partial charge in [0.2, 0.25) is 0 Å². The van der Waals surface area contributed by atoms with Crippen LogP contribution in [0.3, 0.4) is 0 Å². The fourth-order valence-corrected chi connectivity index (χ4v) is 2.09. The van der Waals surface area contributed by atoms with Crippen LogP contribution >= 0.6 is 0 Å². The van der Waals surface area contributed by atoms with Gasteiger partial charge in [0.25, 0.3) is 0 Å². The SMILES string of the molecule is CCCC[C@H](C(=O)OC(C)(C)C)[C@@H](O)c1ccccc1. The average molecular weight is 278 g/mol. The molecule has 0 aliphatic carbocycles. The largest absolute Gasteiger partial charge is 0.460 e. The van der Waals surface area contributed by atoms with Crippen molar-refractivity contribution in [1.82, 2.24) is 0 Å². The van der Waals surface area contributed by atoms with Crippen LogP contribution in [0.25, 0.3) is 0 Å². The van der Waals surface area contributed by atoms with E-state index in [1.54, 1.807) is 0 Å². The minimum Gasteiger partial charge on any atom is -0.460 e. The van der Waals surface area contributed by atoms with E-state index in [1.807, 2.05) is 51.1 Å². The molecule has 0 radical (unpaired) electrons. The first-order valence-electron chi connectivity index (χ1n) is 7.31. The molecule has 0 saturated heterocycles. The lowest BCUT2D eigenvalue weighted by Crippen LogP contribution is -2.31. The van der Waals surface area contributed by atoms with Crippen molar-refractivity contribution in [3.05, 3.63) is 35.9 Å². The fourth-order valence-electron chi connectivity index (χ4n) is 2.09. The Morgan fingerprint density at radius 1 is 1.25 bits per heavy atom. The molecule has 1 aromatic rings. The molecule has 0 aliphatic heterocycles. The Balaban J connectivity index is 2.85. The highest BCUT2D eigenvalue weighted by Gasteiger charge is 2.31. The van der Waals surface area contributed by atoms with Crippen LogP contribution in [0.1, 0.15) is 58.6 Å². The summed E-state index contributed by atoms with van der Waals surface area (Å²) in [6.45, 7) is 7.60. The van der Waals surface area contributed by atoms with Gasteiger partial charge in [-0.2, -0.15) is 0 Å².